The summed E-state index contributed by atoms with van der Waals surface area (Å²) in [5.74, 6) is 0.881. The van der Waals surface area contributed by atoms with Gasteiger partial charge in [-0.25, -0.2) is 0 Å². The van der Waals surface area contributed by atoms with Gasteiger partial charge in [0.15, 0.2) is 11.5 Å². The van der Waals surface area contributed by atoms with Crippen LogP contribution in [0.3, 0.4) is 0 Å². The van der Waals surface area contributed by atoms with Crippen LogP contribution in [0.5, 0.6) is 17.2 Å². The molecule has 1 aliphatic rings. The van der Waals surface area contributed by atoms with Gasteiger partial charge in [0.2, 0.25) is 0 Å². The average molecular weight is 458 g/mol. The summed E-state index contributed by atoms with van der Waals surface area (Å²) in [6.45, 7) is 4.64. The standard InChI is InChI=1S/C23H24ClN3O5/c1-3-31-17-8-5-13(11-18(17)32-4-2)22-19-20(15-12-14(24)6-7-16(15)29)25-26-21(19)23(30)27(22)9-10-28/h5-8,11-12,22,28-29H,3-4,9-10H2,1-2H3,(H,25,26). The van der Waals surface area contributed by atoms with Gasteiger partial charge in [-0.1, -0.05) is 17.7 Å². The predicted octanol–water partition coefficient (Wildman–Crippen LogP) is 3.77. The number of phenolic OH excluding ortho intramolecular Hbond substituents is 1. The van der Waals surface area contributed by atoms with E-state index < -0.39 is 6.04 Å². The SMILES string of the molecule is CCOc1ccc(C2c3c(-c4cc(Cl)ccc4O)n[nH]c3C(=O)N2CCO)cc1OCC. The van der Waals surface area contributed by atoms with Crippen molar-refractivity contribution in [2.45, 2.75) is 19.9 Å². The monoisotopic (exact) mass is 457 g/mol. The molecule has 3 N–H and O–H groups in total. The van der Waals surface area contributed by atoms with Crippen LogP contribution in [0, 0.1) is 0 Å². The van der Waals surface area contributed by atoms with Gasteiger partial charge >= 0.3 is 0 Å². The number of amides is 1. The number of H-pyrrole nitrogens is 1. The molecule has 168 valence electrons. The van der Waals surface area contributed by atoms with Crippen LogP contribution in [-0.4, -0.2) is 57.6 Å². The highest BCUT2D eigenvalue weighted by Crippen LogP contribution is 2.46. The topological polar surface area (TPSA) is 108 Å². The number of aromatic hydroxyl groups is 1. The number of rotatable bonds is 8. The average Bonchev–Trinajstić information content (AvgIpc) is 3.31. The molecule has 1 aliphatic heterocycles. The first-order valence-corrected chi connectivity index (χ1v) is 10.8. The van der Waals surface area contributed by atoms with E-state index in [-0.39, 0.29) is 24.8 Å². The number of ether oxygens (including phenoxy) is 2. The number of fused-ring (bicyclic) bond motifs is 1. The van der Waals surface area contributed by atoms with Crippen molar-refractivity contribution in [3.63, 3.8) is 0 Å². The number of aromatic nitrogens is 2. The van der Waals surface area contributed by atoms with E-state index in [9.17, 15) is 15.0 Å². The second-order valence-electron chi connectivity index (χ2n) is 7.22. The van der Waals surface area contributed by atoms with Crippen LogP contribution in [0.15, 0.2) is 36.4 Å². The summed E-state index contributed by atoms with van der Waals surface area (Å²) in [6, 6.07) is 9.62. The van der Waals surface area contributed by atoms with Crippen molar-refractivity contribution in [1.29, 1.82) is 0 Å². The zero-order valence-electron chi connectivity index (χ0n) is 17.8. The maximum atomic E-state index is 13.1. The minimum absolute atomic E-state index is 0.00259. The van der Waals surface area contributed by atoms with E-state index in [1.54, 1.807) is 23.1 Å². The molecular weight excluding hydrogens is 434 g/mol. The lowest BCUT2D eigenvalue weighted by molar-refractivity contribution is 0.0706. The number of hydrogen-bond donors (Lipinski definition) is 3. The molecule has 0 radical (unpaired) electrons. The predicted molar refractivity (Wildman–Crippen MR) is 119 cm³/mol. The number of nitrogens with zero attached hydrogens (tertiary/aromatic N) is 2. The lowest BCUT2D eigenvalue weighted by atomic mass is 9.95. The molecule has 3 aromatic rings. The maximum absolute atomic E-state index is 13.1. The van der Waals surface area contributed by atoms with Crippen molar-refractivity contribution in [3.8, 4) is 28.5 Å². The Hall–Kier alpha value is -3.23. The van der Waals surface area contributed by atoms with Gasteiger partial charge in [0.05, 0.1) is 25.9 Å². The molecule has 1 atom stereocenters. The van der Waals surface area contributed by atoms with Gasteiger partial charge in [-0.3, -0.25) is 9.89 Å². The Morgan fingerprint density at radius 1 is 1.12 bits per heavy atom. The van der Waals surface area contributed by atoms with Gasteiger partial charge in [-0.05, 0) is 49.7 Å². The van der Waals surface area contributed by atoms with Crippen molar-refractivity contribution in [2.24, 2.45) is 0 Å². The van der Waals surface area contributed by atoms with Crippen molar-refractivity contribution in [2.75, 3.05) is 26.4 Å². The number of aliphatic hydroxyl groups excluding tert-OH is 1. The molecule has 0 saturated heterocycles. The van der Waals surface area contributed by atoms with Gasteiger partial charge in [0.25, 0.3) is 5.91 Å². The highest BCUT2D eigenvalue weighted by atomic mass is 35.5. The Labute approximate surface area is 190 Å². The minimum atomic E-state index is -0.549. The van der Waals surface area contributed by atoms with Crippen LogP contribution in [0.2, 0.25) is 5.02 Å². The summed E-state index contributed by atoms with van der Waals surface area (Å²) < 4.78 is 11.4. The Morgan fingerprint density at radius 3 is 2.59 bits per heavy atom. The van der Waals surface area contributed by atoms with E-state index in [4.69, 9.17) is 21.1 Å². The zero-order valence-corrected chi connectivity index (χ0v) is 18.5. The zero-order chi connectivity index (χ0) is 22.8. The normalized spacial score (nSPS) is 15.2. The highest BCUT2D eigenvalue weighted by molar-refractivity contribution is 6.31. The van der Waals surface area contributed by atoms with Crippen LogP contribution >= 0.6 is 11.6 Å². The second-order valence-corrected chi connectivity index (χ2v) is 7.66. The first kappa shape index (κ1) is 22.0. The molecule has 1 amide bonds. The fourth-order valence-corrected chi connectivity index (χ4v) is 4.19. The Balaban J connectivity index is 1.89. The molecule has 0 saturated carbocycles. The molecule has 0 bridgehead atoms. The molecule has 32 heavy (non-hydrogen) atoms. The Kier molecular flexibility index (Phi) is 6.25. The number of aromatic amines is 1. The third-order valence-corrected chi connectivity index (χ3v) is 5.54. The van der Waals surface area contributed by atoms with E-state index in [1.807, 2.05) is 26.0 Å². The smallest absolute Gasteiger partial charge is 0.273 e. The van der Waals surface area contributed by atoms with E-state index >= 15 is 0 Å². The van der Waals surface area contributed by atoms with Crippen LogP contribution in [0.25, 0.3) is 11.3 Å². The molecule has 8 nitrogen and oxygen atoms in total. The van der Waals surface area contributed by atoms with Crippen LogP contribution < -0.4 is 9.47 Å². The fourth-order valence-electron chi connectivity index (χ4n) is 4.02. The van der Waals surface area contributed by atoms with Crippen molar-refractivity contribution in [3.05, 3.63) is 58.2 Å². The molecule has 1 unspecified atom stereocenters. The highest BCUT2D eigenvalue weighted by Gasteiger charge is 2.42. The maximum Gasteiger partial charge on any atom is 0.273 e. The summed E-state index contributed by atoms with van der Waals surface area (Å²) in [5.41, 5.74) is 2.51. The summed E-state index contributed by atoms with van der Waals surface area (Å²) in [7, 11) is 0. The van der Waals surface area contributed by atoms with Gasteiger partial charge in [-0.2, -0.15) is 5.10 Å². The van der Waals surface area contributed by atoms with Crippen LogP contribution in [0.4, 0.5) is 0 Å². The van der Waals surface area contributed by atoms with E-state index in [2.05, 4.69) is 10.2 Å². The van der Waals surface area contributed by atoms with Gasteiger partial charge in [-0.15, -0.1) is 0 Å². The quantitative estimate of drug-likeness (QED) is 0.475. The van der Waals surface area contributed by atoms with Crippen LogP contribution in [-0.2, 0) is 0 Å². The number of aliphatic hydroxyl groups is 1. The minimum Gasteiger partial charge on any atom is -0.507 e. The van der Waals surface area contributed by atoms with E-state index in [0.29, 0.717) is 52.3 Å². The molecule has 4 rings (SSSR count). The number of halogens is 1. The van der Waals surface area contributed by atoms with Crippen molar-refractivity contribution < 1.29 is 24.5 Å². The molecule has 2 aromatic carbocycles. The number of carbonyl (C=O) groups excluding carboxylic acids is 1. The molecule has 0 spiro atoms. The third kappa shape index (κ3) is 3.76. The number of hydrogen-bond acceptors (Lipinski definition) is 6. The number of β-amino-alcohol motifs (C(OH)–C–C–N with tert-alkyl or cyclic N) is 1. The van der Waals surface area contributed by atoms with Crippen LogP contribution in [0.1, 0.15) is 41.5 Å². The van der Waals surface area contributed by atoms with E-state index in [0.717, 1.165) is 5.56 Å². The largest absolute Gasteiger partial charge is 0.507 e. The number of benzene rings is 2. The molecule has 0 aliphatic carbocycles. The lowest BCUT2D eigenvalue weighted by Gasteiger charge is -2.26. The van der Waals surface area contributed by atoms with Gasteiger partial charge in [0, 0.05) is 22.7 Å². The van der Waals surface area contributed by atoms with Crippen molar-refractivity contribution >= 4 is 17.5 Å². The van der Waals surface area contributed by atoms with Crippen molar-refractivity contribution in [1.82, 2.24) is 15.1 Å². The molecule has 9 heteroatoms. The first-order valence-electron chi connectivity index (χ1n) is 10.4. The molecule has 1 aromatic heterocycles. The molecular formula is C23H24ClN3O5. The number of phenols is 1. The third-order valence-electron chi connectivity index (χ3n) is 5.30. The van der Waals surface area contributed by atoms with Gasteiger partial charge < -0.3 is 24.6 Å². The fraction of sp³-hybridized carbons (Fsp3) is 0.304. The molecule has 0 fully saturated rings. The summed E-state index contributed by atoms with van der Waals surface area (Å²) >= 11 is 6.16. The summed E-state index contributed by atoms with van der Waals surface area (Å²) in [5, 5.41) is 27.6. The Bertz CT molecular complexity index is 1150. The number of nitrogens with one attached hydrogen (secondary N) is 1. The molecule has 2 heterocycles. The first-order chi connectivity index (χ1) is 15.5. The number of carbonyl (C=O) groups is 1. The summed E-state index contributed by atoms with van der Waals surface area (Å²) in [4.78, 5) is 14.7. The van der Waals surface area contributed by atoms with Gasteiger partial charge in [0.1, 0.15) is 17.1 Å². The second kappa shape index (κ2) is 9.10. The Morgan fingerprint density at radius 2 is 1.88 bits per heavy atom. The summed E-state index contributed by atoms with van der Waals surface area (Å²) in [6.07, 6.45) is 0. The lowest BCUT2D eigenvalue weighted by Crippen LogP contribution is -2.32. The van der Waals surface area contributed by atoms with E-state index in [1.165, 1.54) is 6.07 Å².